The molecule has 2 aliphatic heterocycles. The molecule has 5 heteroatoms. The van der Waals surface area contributed by atoms with Crippen molar-refractivity contribution in [2.75, 3.05) is 42.9 Å². The third kappa shape index (κ3) is 3.78. The van der Waals surface area contributed by atoms with E-state index >= 15 is 0 Å². The van der Waals surface area contributed by atoms with Gasteiger partial charge < -0.3 is 19.5 Å². The van der Waals surface area contributed by atoms with Gasteiger partial charge in [0.2, 0.25) is 0 Å². The van der Waals surface area contributed by atoms with E-state index in [-0.39, 0.29) is 5.91 Å². The first-order chi connectivity index (χ1) is 12.7. The molecule has 2 fully saturated rings. The van der Waals surface area contributed by atoms with Crippen molar-refractivity contribution in [1.29, 1.82) is 0 Å². The van der Waals surface area contributed by atoms with E-state index in [2.05, 4.69) is 27.2 Å². The predicted octanol–water partition coefficient (Wildman–Crippen LogP) is 3.76. The first-order valence-electron chi connectivity index (χ1n) is 9.60. The largest absolute Gasteiger partial charge is 0.472 e. The highest BCUT2D eigenvalue weighted by atomic mass is 16.3. The summed E-state index contributed by atoms with van der Waals surface area (Å²) in [6, 6.07) is 7.99. The Kier molecular flexibility index (Phi) is 4.98. The highest BCUT2D eigenvalue weighted by Crippen LogP contribution is 2.28. The Bertz CT molecular complexity index is 751. The third-order valence-corrected chi connectivity index (χ3v) is 5.61. The zero-order valence-corrected chi connectivity index (χ0v) is 15.4. The number of benzene rings is 1. The molecule has 1 amide bonds. The summed E-state index contributed by atoms with van der Waals surface area (Å²) in [5, 5.41) is 2.96. The van der Waals surface area contributed by atoms with Gasteiger partial charge in [-0.25, -0.2) is 0 Å². The van der Waals surface area contributed by atoms with Crippen LogP contribution in [-0.4, -0.2) is 43.5 Å². The second-order valence-electron chi connectivity index (χ2n) is 7.57. The molecule has 26 heavy (non-hydrogen) atoms. The van der Waals surface area contributed by atoms with Crippen molar-refractivity contribution in [3.05, 3.63) is 47.9 Å². The molecule has 5 nitrogen and oxygen atoms in total. The number of furan rings is 1. The van der Waals surface area contributed by atoms with Gasteiger partial charge in [-0.15, -0.1) is 0 Å². The van der Waals surface area contributed by atoms with E-state index in [9.17, 15) is 4.79 Å². The van der Waals surface area contributed by atoms with E-state index in [0.717, 1.165) is 30.3 Å². The van der Waals surface area contributed by atoms with Gasteiger partial charge in [-0.05, 0) is 75.0 Å². The second kappa shape index (κ2) is 7.54. The van der Waals surface area contributed by atoms with E-state index in [1.807, 2.05) is 13.0 Å². The SMILES string of the molecule is Cc1cc(N2CC[C@H](CN3CCCC3)C2)ccc1NC(=O)c1ccoc1. The molecule has 1 aromatic carbocycles. The number of nitrogens with zero attached hydrogens (tertiary/aromatic N) is 2. The van der Waals surface area contributed by atoms with Crippen molar-refractivity contribution in [2.45, 2.75) is 26.2 Å². The molecule has 2 aromatic rings. The molecule has 2 aliphatic rings. The maximum atomic E-state index is 12.2. The van der Waals surface area contributed by atoms with Crippen molar-refractivity contribution in [2.24, 2.45) is 5.92 Å². The number of carbonyl (C=O) groups excluding carboxylic acids is 1. The van der Waals surface area contributed by atoms with Crippen LogP contribution in [0.25, 0.3) is 0 Å². The molecule has 0 unspecified atom stereocenters. The van der Waals surface area contributed by atoms with Gasteiger partial charge in [-0.1, -0.05) is 0 Å². The van der Waals surface area contributed by atoms with Crippen LogP contribution < -0.4 is 10.2 Å². The number of nitrogens with one attached hydrogen (secondary N) is 1. The standard InChI is InChI=1S/C21H27N3O2/c1-16-12-19(4-5-20(16)22-21(25)18-7-11-26-15-18)24-10-6-17(14-24)13-23-8-2-3-9-23/h4-5,7,11-12,15,17H,2-3,6,8-10,13-14H2,1H3,(H,22,25)/t17-/m1/s1. The zero-order chi connectivity index (χ0) is 17.9. The quantitative estimate of drug-likeness (QED) is 0.889. The Morgan fingerprint density at radius 3 is 2.81 bits per heavy atom. The fourth-order valence-corrected chi connectivity index (χ4v) is 4.12. The summed E-state index contributed by atoms with van der Waals surface area (Å²) in [4.78, 5) is 17.3. The lowest BCUT2D eigenvalue weighted by atomic mass is 10.1. The lowest BCUT2D eigenvalue weighted by Gasteiger charge is -2.22. The Labute approximate surface area is 155 Å². The van der Waals surface area contributed by atoms with Crippen molar-refractivity contribution < 1.29 is 9.21 Å². The molecule has 0 saturated carbocycles. The Morgan fingerprint density at radius 2 is 2.08 bits per heavy atom. The summed E-state index contributed by atoms with van der Waals surface area (Å²) in [6.45, 7) is 8.11. The van der Waals surface area contributed by atoms with Crippen LogP contribution in [0.3, 0.4) is 0 Å². The van der Waals surface area contributed by atoms with E-state index in [1.165, 1.54) is 57.1 Å². The van der Waals surface area contributed by atoms with Gasteiger partial charge >= 0.3 is 0 Å². The van der Waals surface area contributed by atoms with Crippen LogP contribution in [0.2, 0.25) is 0 Å². The Morgan fingerprint density at radius 1 is 1.23 bits per heavy atom. The number of likely N-dealkylation sites (tertiary alicyclic amines) is 1. The molecule has 0 spiro atoms. The first kappa shape index (κ1) is 17.2. The maximum Gasteiger partial charge on any atom is 0.258 e. The zero-order valence-electron chi connectivity index (χ0n) is 15.4. The van der Waals surface area contributed by atoms with Crippen LogP contribution in [0.4, 0.5) is 11.4 Å². The second-order valence-corrected chi connectivity index (χ2v) is 7.57. The van der Waals surface area contributed by atoms with Crippen molar-refractivity contribution in [1.82, 2.24) is 4.90 Å². The Balaban J connectivity index is 1.37. The Hall–Kier alpha value is -2.27. The fourth-order valence-electron chi connectivity index (χ4n) is 4.12. The molecule has 4 rings (SSSR count). The predicted molar refractivity (Wildman–Crippen MR) is 104 cm³/mol. The van der Waals surface area contributed by atoms with Gasteiger partial charge in [0.1, 0.15) is 6.26 Å². The molecule has 2 saturated heterocycles. The van der Waals surface area contributed by atoms with Gasteiger partial charge in [0, 0.05) is 31.0 Å². The van der Waals surface area contributed by atoms with Crippen LogP contribution in [-0.2, 0) is 0 Å². The molecule has 3 heterocycles. The molecule has 0 radical (unpaired) electrons. The minimum Gasteiger partial charge on any atom is -0.472 e. The smallest absolute Gasteiger partial charge is 0.258 e. The van der Waals surface area contributed by atoms with Crippen LogP contribution in [0.1, 0.15) is 35.2 Å². The van der Waals surface area contributed by atoms with Gasteiger partial charge in [-0.3, -0.25) is 4.79 Å². The molecular formula is C21H27N3O2. The van der Waals surface area contributed by atoms with Gasteiger partial charge in [0.15, 0.2) is 0 Å². The highest BCUT2D eigenvalue weighted by molar-refractivity contribution is 6.04. The number of hydrogen-bond acceptors (Lipinski definition) is 4. The maximum absolute atomic E-state index is 12.2. The number of amides is 1. The summed E-state index contributed by atoms with van der Waals surface area (Å²) in [6.07, 6.45) is 6.97. The van der Waals surface area contributed by atoms with Crippen molar-refractivity contribution >= 4 is 17.3 Å². The number of anilines is 2. The summed E-state index contributed by atoms with van der Waals surface area (Å²) in [7, 11) is 0. The lowest BCUT2D eigenvalue weighted by molar-refractivity contribution is 0.102. The van der Waals surface area contributed by atoms with Gasteiger partial charge in [0.05, 0.1) is 11.8 Å². The monoisotopic (exact) mass is 353 g/mol. The first-order valence-corrected chi connectivity index (χ1v) is 9.60. The minimum atomic E-state index is -0.138. The van der Waals surface area contributed by atoms with Crippen molar-refractivity contribution in [3.63, 3.8) is 0 Å². The van der Waals surface area contributed by atoms with E-state index in [4.69, 9.17) is 4.42 Å². The summed E-state index contributed by atoms with van der Waals surface area (Å²) in [5.41, 5.74) is 3.74. The molecule has 138 valence electrons. The molecule has 1 atom stereocenters. The van der Waals surface area contributed by atoms with Crippen LogP contribution in [0.5, 0.6) is 0 Å². The van der Waals surface area contributed by atoms with Crippen LogP contribution >= 0.6 is 0 Å². The third-order valence-electron chi connectivity index (χ3n) is 5.61. The molecule has 1 aromatic heterocycles. The number of carbonyl (C=O) groups is 1. The van der Waals surface area contributed by atoms with E-state index < -0.39 is 0 Å². The average molecular weight is 353 g/mol. The van der Waals surface area contributed by atoms with Gasteiger partial charge in [0.25, 0.3) is 5.91 Å². The van der Waals surface area contributed by atoms with Gasteiger partial charge in [-0.2, -0.15) is 0 Å². The topological polar surface area (TPSA) is 48.7 Å². The van der Waals surface area contributed by atoms with Crippen molar-refractivity contribution in [3.8, 4) is 0 Å². The van der Waals surface area contributed by atoms with E-state index in [1.54, 1.807) is 6.07 Å². The highest BCUT2D eigenvalue weighted by Gasteiger charge is 2.26. The number of rotatable bonds is 5. The minimum absolute atomic E-state index is 0.138. The molecule has 0 aliphatic carbocycles. The molecule has 0 bridgehead atoms. The molecular weight excluding hydrogens is 326 g/mol. The lowest BCUT2D eigenvalue weighted by Crippen LogP contribution is -2.29. The fraction of sp³-hybridized carbons (Fsp3) is 0.476. The van der Waals surface area contributed by atoms with Crippen LogP contribution in [0, 0.1) is 12.8 Å². The summed E-state index contributed by atoms with van der Waals surface area (Å²) < 4.78 is 4.98. The summed E-state index contributed by atoms with van der Waals surface area (Å²) >= 11 is 0. The van der Waals surface area contributed by atoms with E-state index in [0.29, 0.717) is 5.56 Å². The summed E-state index contributed by atoms with van der Waals surface area (Å²) in [5.74, 6) is 0.635. The van der Waals surface area contributed by atoms with Crippen LogP contribution in [0.15, 0.2) is 41.2 Å². The number of aryl methyl sites for hydroxylation is 1. The number of hydrogen-bond donors (Lipinski definition) is 1. The average Bonchev–Trinajstić information content (AvgIpc) is 3.39. The molecule has 1 N–H and O–H groups in total. The normalized spacial score (nSPS) is 20.7.